The molecule has 1 unspecified atom stereocenters. The number of primary amides is 1. The number of carbonyl (C=O) groups excluding carboxylic acids is 1. The summed E-state index contributed by atoms with van der Waals surface area (Å²) in [6.45, 7) is 2.77. The molecular formula is C11H20N4O. The topological polar surface area (TPSA) is 72.9 Å². The molecule has 1 heterocycles. The molecule has 1 atom stereocenters. The van der Waals surface area contributed by atoms with Crippen LogP contribution in [0.3, 0.4) is 0 Å². The van der Waals surface area contributed by atoms with Crippen LogP contribution >= 0.6 is 0 Å². The van der Waals surface area contributed by atoms with E-state index in [-0.39, 0.29) is 5.91 Å². The third-order valence-corrected chi connectivity index (χ3v) is 3.00. The maximum Gasteiger partial charge on any atom is 0.237 e. The average Bonchev–Trinajstić information content (AvgIpc) is 2.76. The summed E-state index contributed by atoms with van der Waals surface area (Å²) in [5.41, 5.74) is 4.75. The van der Waals surface area contributed by atoms with Gasteiger partial charge >= 0.3 is 0 Å². The first kappa shape index (κ1) is 12.7. The van der Waals surface area contributed by atoms with Gasteiger partial charge in [-0.15, -0.1) is 0 Å². The highest BCUT2D eigenvalue weighted by molar-refractivity contribution is 5.84. The normalized spacial score (nSPS) is 14.6. The number of hydrogen-bond donors (Lipinski definition) is 2. The van der Waals surface area contributed by atoms with Crippen LogP contribution in [0.4, 0.5) is 0 Å². The Morgan fingerprint density at radius 1 is 1.56 bits per heavy atom. The second-order valence-corrected chi connectivity index (χ2v) is 4.20. The number of nitrogens with one attached hydrogen (secondary N) is 1. The quantitative estimate of drug-likeness (QED) is 0.663. The third-order valence-electron chi connectivity index (χ3n) is 3.00. The Balaban J connectivity index is 2.26. The molecule has 16 heavy (non-hydrogen) atoms. The largest absolute Gasteiger partial charge is 0.368 e. The monoisotopic (exact) mass is 224 g/mol. The molecule has 3 N–H and O–H groups in total. The van der Waals surface area contributed by atoms with Crippen LogP contribution < -0.4 is 11.1 Å². The SMILES string of the molecule is CNC(C)(CCCCn1ccnc1)C(N)=O. The zero-order valence-electron chi connectivity index (χ0n) is 9.94. The Morgan fingerprint density at radius 2 is 2.31 bits per heavy atom. The smallest absolute Gasteiger partial charge is 0.237 e. The van der Waals surface area contributed by atoms with Crippen LogP contribution in [0.2, 0.25) is 0 Å². The van der Waals surface area contributed by atoms with Gasteiger partial charge in [-0.1, -0.05) is 0 Å². The lowest BCUT2D eigenvalue weighted by Crippen LogP contribution is -2.51. The van der Waals surface area contributed by atoms with Gasteiger partial charge in [0.25, 0.3) is 0 Å². The number of aryl methyl sites for hydroxylation is 1. The predicted octanol–water partition coefficient (Wildman–Crippen LogP) is 0.517. The highest BCUT2D eigenvalue weighted by atomic mass is 16.1. The van der Waals surface area contributed by atoms with Gasteiger partial charge < -0.3 is 15.6 Å². The maximum absolute atomic E-state index is 11.2. The fourth-order valence-electron chi connectivity index (χ4n) is 1.56. The molecular weight excluding hydrogens is 204 g/mol. The zero-order valence-corrected chi connectivity index (χ0v) is 9.94. The van der Waals surface area contributed by atoms with Crippen LogP contribution in [-0.4, -0.2) is 28.0 Å². The predicted molar refractivity (Wildman–Crippen MR) is 62.7 cm³/mol. The van der Waals surface area contributed by atoms with Gasteiger partial charge in [0.2, 0.25) is 5.91 Å². The Bertz CT molecular complexity index is 323. The molecule has 1 aromatic rings. The van der Waals surface area contributed by atoms with Gasteiger partial charge in [0.15, 0.2) is 0 Å². The van der Waals surface area contributed by atoms with E-state index in [0.29, 0.717) is 0 Å². The summed E-state index contributed by atoms with van der Waals surface area (Å²) >= 11 is 0. The summed E-state index contributed by atoms with van der Waals surface area (Å²) in [5, 5.41) is 2.98. The van der Waals surface area contributed by atoms with E-state index in [1.54, 1.807) is 19.6 Å². The van der Waals surface area contributed by atoms with E-state index < -0.39 is 5.54 Å². The first-order chi connectivity index (χ1) is 7.58. The molecule has 0 bridgehead atoms. The molecule has 5 heteroatoms. The van der Waals surface area contributed by atoms with Crippen molar-refractivity contribution >= 4 is 5.91 Å². The summed E-state index contributed by atoms with van der Waals surface area (Å²) in [4.78, 5) is 15.2. The third kappa shape index (κ3) is 3.34. The minimum atomic E-state index is -0.588. The lowest BCUT2D eigenvalue weighted by atomic mass is 9.94. The second kappa shape index (κ2) is 5.65. The Labute approximate surface area is 96.0 Å². The standard InChI is InChI=1S/C11H20N4O/c1-11(13-2,10(12)16)5-3-4-7-15-8-6-14-9-15/h6,8-9,13H,3-5,7H2,1-2H3,(H2,12,16). The van der Waals surface area contributed by atoms with E-state index >= 15 is 0 Å². The van der Waals surface area contributed by atoms with Crippen LogP contribution in [0.1, 0.15) is 26.2 Å². The van der Waals surface area contributed by atoms with Crippen molar-refractivity contribution in [3.63, 3.8) is 0 Å². The van der Waals surface area contributed by atoms with Crippen LogP contribution in [0.5, 0.6) is 0 Å². The number of amides is 1. The number of aromatic nitrogens is 2. The van der Waals surface area contributed by atoms with Crippen LogP contribution in [0.25, 0.3) is 0 Å². The molecule has 0 saturated carbocycles. The fraction of sp³-hybridized carbons (Fsp3) is 0.636. The zero-order chi connectivity index (χ0) is 12.0. The van der Waals surface area contributed by atoms with Gasteiger partial charge in [0.05, 0.1) is 11.9 Å². The van der Waals surface area contributed by atoms with E-state index in [2.05, 4.69) is 10.3 Å². The van der Waals surface area contributed by atoms with Crippen LogP contribution in [-0.2, 0) is 11.3 Å². The molecule has 1 rings (SSSR count). The van der Waals surface area contributed by atoms with Crippen molar-refractivity contribution in [2.24, 2.45) is 5.73 Å². The summed E-state index contributed by atoms with van der Waals surface area (Å²) in [6.07, 6.45) is 8.23. The molecule has 0 aliphatic heterocycles. The summed E-state index contributed by atoms with van der Waals surface area (Å²) in [5.74, 6) is -0.294. The number of likely N-dealkylation sites (N-methyl/N-ethyl adjacent to an activating group) is 1. The minimum absolute atomic E-state index is 0.294. The average molecular weight is 224 g/mol. The second-order valence-electron chi connectivity index (χ2n) is 4.20. The van der Waals surface area contributed by atoms with Gasteiger partial charge in [0.1, 0.15) is 0 Å². The van der Waals surface area contributed by atoms with Crippen molar-refractivity contribution in [3.8, 4) is 0 Å². The number of rotatable bonds is 7. The highest BCUT2D eigenvalue weighted by Gasteiger charge is 2.27. The van der Waals surface area contributed by atoms with Crippen LogP contribution in [0, 0.1) is 0 Å². The van der Waals surface area contributed by atoms with E-state index in [4.69, 9.17) is 5.73 Å². The van der Waals surface area contributed by atoms with Crippen molar-refractivity contribution < 1.29 is 4.79 Å². The molecule has 1 amide bonds. The number of nitrogens with two attached hydrogens (primary N) is 1. The van der Waals surface area contributed by atoms with Gasteiger partial charge in [-0.2, -0.15) is 0 Å². The summed E-state index contributed by atoms with van der Waals surface area (Å²) in [6, 6.07) is 0. The molecule has 0 aromatic carbocycles. The Morgan fingerprint density at radius 3 is 2.81 bits per heavy atom. The summed E-state index contributed by atoms with van der Waals surface area (Å²) in [7, 11) is 1.76. The first-order valence-corrected chi connectivity index (χ1v) is 5.53. The lowest BCUT2D eigenvalue weighted by molar-refractivity contribution is -0.123. The van der Waals surface area contributed by atoms with Crippen molar-refractivity contribution in [3.05, 3.63) is 18.7 Å². The highest BCUT2D eigenvalue weighted by Crippen LogP contribution is 2.13. The number of carbonyl (C=O) groups is 1. The summed E-state index contributed by atoms with van der Waals surface area (Å²) < 4.78 is 2.03. The molecule has 0 fully saturated rings. The minimum Gasteiger partial charge on any atom is -0.368 e. The Kier molecular flexibility index (Phi) is 4.49. The molecule has 0 aliphatic rings. The van der Waals surface area contributed by atoms with Crippen molar-refractivity contribution in [1.29, 1.82) is 0 Å². The molecule has 0 aliphatic carbocycles. The van der Waals surface area contributed by atoms with Gasteiger partial charge in [-0.05, 0) is 33.2 Å². The van der Waals surface area contributed by atoms with E-state index in [1.807, 2.05) is 17.7 Å². The van der Waals surface area contributed by atoms with Gasteiger partial charge in [-0.3, -0.25) is 4.79 Å². The van der Waals surface area contributed by atoms with Crippen molar-refractivity contribution in [2.45, 2.75) is 38.3 Å². The number of hydrogen-bond acceptors (Lipinski definition) is 3. The number of nitrogens with zero attached hydrogens (tertiary/aromatic N) is 2. The van der Waals surface area contributed by atoms with E-state index in [1.165, 1.54) is 0 Å². The number of imidazole rings is 1. The molecule has 0 radical (unpaired) electrons. The first-order valence-electron chi connectivity index (χ1n) is 5.53. The molecule has 0 saturated heterocycles. The molecule has 0 spiro atoms. The van der Waals surface area contributed by atoms with E-state index in [9.17, 15) is 4.79 Å². The van der Waals surface area contributed by atoms with Gasteiger partial charge in [0, 0.05) is 18.9 Å². The Hall–Kier alpha value is -1.36. The van der Waals surface area contributed by atoms with Crippen molar-refractivity contribution in [2.75, 3.05) is 7.05 Å². The number of unbranched alkanes of at least 4 members (excludes halogenated alkanes) is 1. The van der Waals surface area contributed by atoms with E-state index in [0.717, 1.165) is 25.8 Å². The van der Waals surface area contributed by atoms with Gasteiger partial charge in [-0.25, -0.2) is 4.98 Å². The maximum atomic E-state index is 11.2. The molecule has 90 valence electrons. The fourth-order valence-corrected chi connectivity index (χ4v) is 1.56. The molecule has 1 aromatic heterocycles. The molecule has 5 nitrogen and oxygen atoms in total. The van der Waals surface area contributed by atoms with Crippen molar-refractivity contribution in [1.82, 2.24) is 14.9 Å². The van der Waals surface area contributed by atoms with Crippen LogP contribution in [0.15, 0.2) is 18.7 Å². The lowest BCUT2D eigenvalue weighted by Gasteiger charge is -2.25.